The average molecular weight is 174 g/mol. The Morgan fingerprint density at radius 2 is 1.83 bits per heavy atom. The van der Waals surface area contributed by atoms with Crippen molar-refractivity contribution in [1.29, 1.82) is 0 Å². The number of unbranched alkanes of at least 4 members (excludes halogenated alkanes) is 1. The summed E-state index contributed by atoms with van der Waals surface area (Å²) in [5.74, 6) is 0. The smallest absolute Gasteiger partial charge is 0.0431 e. The predicted molar refractivity (Wildman–Crippen MR) is 52.3 cm³/mol. The van der Waals surface area contributed by atoms with E-state index in [1.165, 1.54) is 0 Å². The van der Waals surface area contributed by atoms with Crippen molar-refractivity contribution in [3.63, 3.8) is 0 Å². The zero-order valence-electron chi connectivity index (χ0n) is 8.27. The summed E-state index contributed by atoms with van der Waals surface area (Å²) in [7, 11) is 0. The van der Waals surface area contributed by atoms with Crippen LogP contribution in [0.25, 0.3) is 0 Å². The topological polar surface area (TPSA) is 44.3 Å². The lowest BCUT2D eigenvalue weighted by atomic mass is 10.3. The van der Waals surface area contributed by atoms with Crippen LogP contribution in [-0.4, -0.2) is 37.4 Å². The van der Waals surface area contributed by atoms with Gasteiger partial charge in [-0.15, -0.1) is 0 Å². The van der Waals surface area contributed by atoms with Crippen molar-refractivity contribution >= 4 is 0 Å². The molecule has 0 atom stereocenters. The SMILES string of the molecule is CC(C)NCCNCCCCO. The van der Waals surface area contributed by atoms with Gasteiger partial charge in [0, 0.05) is 25.7 Å². The molecule has 0 fully saturated rings. The number of hydrogen-bond donors (Lipinski definition) is 3. The van der Waals surface area contributed by atoms with Crippen LogP contribution < -0.4 is 10.6 Å². The number of nitrogens with one attached hydrogen (secondary N) is 2. The van der Waals surface area contributed by atoms with Crippen molar-refractivity contribution in [2.24, 2.45) is 0 Å². The van der Waals surface area contributed by atoms with Gasteiger partial charge in [0.05, 0.1) is 0 Å². The normalized spacial score (nSPS) is 11.0. The molecule has 12 heavy (non-hydrogen) atoms. The molecule has 0 radical (unpaired) electrons. The van der Waals surface area contributed by atoms with E-state index >= 15 is 0 Å². The van der Waals surface area contributed by atoms with E-state index in [1.54, 1.807) is 0 Å². The second kappa shape index (κ2) is 8.97. The first-order valence-electron chi connectivity index (χ1n) is 4.82. The first-order chi connectivity index (χ1) is 5.77. The number of aliphatic hydroxyl groups excluding tert-OH is 1. The predicted octanol–water partition coefficient (Wildman–Crippen LogP) is 0.346. The van der Waals surface area contributed by atoms with Gasteiger partial charge in [-0.3, -0.25) is 0 Å². The van der Waals surface area contributed by atoms with E-state index < -0.39 is 0 Å². The molecule has 0 bridgehead atoms. The summed E-state index contributed by atoms with van der Waals surface area (Å²) in [6, 6.07) is 0.573. The van der Waals surface area contributed by atoms with Crippen molar-refractivity contribution in [3.05, 3.63) is 0 Å². The summed E-state index contributed by atoms with van der Waals surface area (Å²) >= 11 is 0. The van der Waals surface area contributed by atoms with Crippen LogP contribution >= 0.6 is 0 Å². The van der Waals surface area contributed by atoms with Crippen LogP contribution in [-0.2, 0) is 0 Å². The highest BCUT2D eigenvalue weighted by Gasteiger charge is 1.90. The molecule has 0 spiro atoms. The van der Waals surface area contributed by atoms with E-state index in [0.29, 0.717) is 12.6 Å². The molecule has 0 aliphatic rings. The van der Waals surface area contributed by atoms with Crippen molar-refractivity contribution in [2.45, 2.75) is 32.7 Å². The summed E-state index contributed by atoms with van der Waals surface area (Å²) in [5, 5.41) is 15.1. The Bertz CT molecular complexity index is 86.6. The standard InChI is InChI=1S/C9H22N2O/c1-9(2)11-7-6-10-5-3-4-8-12/h9-12H,3-8H2,1-2H3. The fourth-order valence-corrected chi connectivity index (χ4v) is 0.936. The van der Waals surface area contributed by atoms with Crippen LogP contribution in [0.4, 0.5) is 0 Å². The fourth-order valence-electron chi connectivity index (χ4n) is 0.936. The first-order valence-corrected chi connectivity index (χ1v) is 4.82. The largest absolute Gasteiger partial charge is 0.396 e. The summed E-state index contributed by atoms with van der Waals surface area (Å²) in [5.41, 5.74) is 0. The van der Waals surface area contributed by atoms with Crippen LogP contribution in [0.3, 0.4) is 0 Å². The molecule has 0 rings (SSSR count). The third-order valence-corrected chi connectivity index (χ3v) is 1.62. The molecule has 3 heteroatoms. The lowest BCUT2D eigenvalue weighted by molar-refractivity contribution is 0.283. The monoisotopic (exact) mass is 174 g/mol. The van der Waals surface area contributed by atoms with E-state index in [1.807, 2.05) is 0 Å². The molecule has 0 amide bonds. The molecule has 0 saturated carbocycles. The van der Waals surface area contributed by atoms with Crippen molar-refractivity contribution in [2.75, 3.05) is 26.2 Å². The summed E-state index contributed by atoms with van der Waals surface area (Å²) in [6.45, 7) is 7.66. The molecule has 0 heterocycles. The van der Waals surface area contributed by atoms with Gasteiger partial charge in [0.1, 0.15) is 0 Å². The van der Waals surface area contributed by atoms with Crippen LogP contribution in [0.2, 0.25) is 0 Å². The Morgan fingerprint density at radius 3 is 2.42 bits per heavy atom. The Balaban J connectivity index is 2.82. The fraction of sp³-hybridized carbons (Fsp3) is 1.00. The molecule has 3 nitrogen and oxygen atoms in total. The lowest BCUT2D eigenvalue weighted by Crippen LogP contribution is -2.32. The summed E-state index contributed by atoms with van der Waals surface area (Å²) in [4.78, 5) is 0. The van der Waals surface area contributed by atoms with Crippen LogP contribution in [0, 0.1) is 0 Å². The molecular formula is C9H22N2O. The highest BCUT2D eigenvalue weighted by atomic mass is 16.2. The van der Waals surface area contributed by atoms with Crippen molar-refractivity contribution in [3.8, 4) is 0 Å². The van der Waals surface area contributed by atoms with Gasteiger partial charge < -0.3 is 15.7 Å². The van der Waals surface area contributed by atoms with Gasteiger partial charge >= 0.3 is 0 Å². The molecule has 0 unspecified atom stereocenters. The van der Waals surface area contributed by atoms with Gasteiger partial charge in [0.25, 0.3) is 0 Å². The molecule has 0 saturated heterocycles. The minimum Gasteiger partial charge on any atom is -0.396 e. The molecule has 0 aliphatic carbocycles. The Labute approximate surface area is 75.6 Å². The maximum absolute atomic E-state index is 8.50. The van der Waals surface area contributed by atoms with Gasteiger partial charge in [-0.05, 0) is 19.4 Å². The van der Waals surface area contributed by atoms with Gasteiger partial charge in [-0.2, -0.15) is 0 Å². The van der Waals surface area contributed by atoms with E-state index in [2.05, 4.69) is 24.5 Å². The van der Waals surface area contributed by atoms with E-state index in [0.717, 1.165) is 32.5 Å². The number of hydrogen-bond acceptors (Lipinski definition) is 3. The number of aliphatic hydroxyl groups is 1. The third kappa shape index (κ3) is 9.88. The van der Waals surface area contributed by atoms with Gasteiger partial charge in [0.2, 0.25) is 0 Å². The zero-order chi connectivity index (χ0) is 9.23. The Kier molecular flexibility index (Phi) is 8.88. The molecule has 0 aromatic heterocycles. The van der Waals surface area contributed by atoms with E-state index in [-0.39, 0.29) is 0 Å². The summed E-state index contributed by atoms with van der Waals surface area (Å²) in [6.07, 6.45) is 1.97. The van der Waals surface area contributed by atoms with Crippen LogP contribution in [0.1, 0.15) is 26.7 Å². The van der Waals surface area contributed by atoms with Crippen molar-refractivity contribution < 1.29 is 5.11 Å². The third-order valence-electron chi connectivity index (χ3n) is 1.62. The van der Waals surface area contributed by atoms with E-state index in [4.69, 9.17) is 5.11 Å². The molecular weight excluding hydrogens is 152 g/mol. The maximum atomic E-state index is 8.50. The van der Waals surface area contributed by atoms with Gasteiger partial charge in [-0.1, -0.05) is 13.8 Å². The van der Waals surface area contributed by atoms with Crippen molar-refractivity contribution in [1.82, 2.24) is 10.6 Å². The second-order valence-corrected chi connectivity index (χ2v) is 3.29. The number of rotatable bonds is 8. The average Bonchev–Trinajstić information content (AvgIpc) is 2.02. The van der Waals surface area contributed by atoms with Gasteiger partial charge in [-0.25, -0.2) is 0 Å². The van der Waals surface area contributed by atoms with Crippen LogP contribution in [0.15, 0.2) is 0 Å². The summed E-state index contributed by atoms with van der Waals surface area (Å²) < 4.78 is 0. The maximum Gasteiger partial charge on any atom is 0.0431 e. The molecule has 0 aromatic rings. The highest BCUT2D eigenvalue weighted by Crippen LogP contribution is 1.82. The van der Waals surface area contributed by atoms with E-state index in [9.17, 15) is 0 Å². The Morgan fingerprint density at radius 1 is 1.08 bits per heavy atom. The molecule has 3 N–H and O–H groups in total. The minimum atomic E-state index is 0.311. The minimum absolute atomic E-state index is 0.311. The Hall–Kier alpha value is -0.120. The second-order valence-electron chi connectivity index (χ2n) is 3.29. The molecule has 0 aromatic carbocycles. The quantitative estimate of drug-likeness (QED) is 0.465. The zero-order valence-corrected chi connectivity index (χ0v) is 8.27. The van der Waals surface area contributed by atoms with Crippen LogP contribution in [0.5, 0.6) is 0 Å². The molecule has 74 valence electrons. The lowest BCUT2D eigenvalue weighted by Gasteiger charge is -2.08. The highest BCUT2D eigenvalue weighted by molar-refractivity contribution is 4.55. The molecule has 0 aliphatic heterocycles. The van der Waals surface area contributed by atoms with Gasteiger partial charge in [0.15, 0.2) is 0 Å². The first kappa shape index (κ1) is 11.9.